The molecule has 104 valence electrons. The largest absolute Gasteiger partial charge is 0.352 e. The molecule has 1 aliphatic heterocycles. The van der Waals surface area contributed by atoms with Gasteiger partial charge in [0.25, 0.3) is 0 Å². The Bertz CT molecular complexity index is 391. The average molecular weight is 260 g/mol. The summed E-state index contributed by atoms with van der Waals surface area (Å²) >= 11 is 0. The molecule has 1 N–H and O–H groups in total. The van der Waals surface area contributed by atoms with Crippen LogP contribution in [0.4, 0.5) is 0 Å². The predicted molar refractivity (Wildman–Crippen MR) is 78.0 cm³/mol. The van der Waals surface area contributed by atoms with Gasteiger partial charge in [-0.3, -0.25) is 4.79 Å². The van der Waals surface area contributed by atoms with Crippen LogP contribution < -0.4 is 5.32 Å². The third kappa shape index (κ3) is 4.67. The lowest BCUT2D eigenvalue weighted by atomic mass is 10.1. The maximum absolute atomic E-state index is 12.0. The van der Waals surface area contributed by atoms with Crippen LogP contribution >= 0.6 is 0 Å². The number of nitrogens with zero attached hydrogens (tertiary/aromatic N) is 1. The monoisotopic (exact) mass is 260 g/mol. The van der Waals surface area contributed by atoms with E-state index in [0.29, 0.717) is 12.5 Å². The Morgan fingerprint density at radius 3 is 2.89 bits per heavy atom. The molecule has 2 rings (SSSR count). The molecular weight excluding hydrogens is 236 g/mol. The normalized spacial score (nSPS) is 19.5. The van der Waals surface area contributed by atoms with E-state index in [1.54, 1.807) is 0 Å². The number of hydrogen-bond donors (Lipinski definition) is 1. The summed E-state index contributed by atoms with van der Waals surface area (Å²) in [6.07, 6.45) is 4.07. The Labute approximate surface area is 116 Å². The lowest BCUT2D eigenvalue weighted by Gasteiger charge is -2.16. The Morgan fingerprint density at radius 1 is 1.37 bits per heavy atom. The lowest BCUT2D eigenvalue weighted by Crippen LogP contribution is -2.38. The first-order valence-corrected chi connectivity index (χ1v) is 7.33. The summed E-state index contributed by atoms with van der Waals surface area (Å²) in [5, 5.41) is 3.15. The number of carbonyl (C=O) groups is 1. The van der Waals surface area contributed by atoms with Crippen LogP contribution in [0.2, 0.25) is 0 Å². The fraction of sp³-hybridized carbons (Fsp3) is 0.562. The first-order valence-electron chi connectivity index (χ1n) is 7.33. The summed E-state index contributed by atoms with van der Waals surface area (Å²) in [6, 6.07) is 10.3. The molecule has 1 saturated heterocycles. The highest BCUT2D eigenvalue weighted by molar-refractivity contribution is 5.78. The quantitative estimate of drug-likeness (QED) is 0.850. The molecule has 1 unspecified atom stereocenters. The van der Waals surface area contributed by atoms with E-state index in [9.17, 15) is 4.79 Å². The van der Waals surface area contributed by atoms with Gasteiger partial charge in [0.1, 0.15) is 0 Å². The molecule has 0 saturated carbocycles. The van der Waals surface area contributed by atoms with Gasteiger partial charge < -0.3 is 10.2 Å². The van der Waals surface area contributed by atoms with E-state index >= 15 is 0 Å². The van der Waals surface area contributed by atoms with Gasteiger partial charge in [-0.05, 0) is 24.9 Å². The smallest absolute Gasteiger partial charge is 0.224 e. The van der Waals surface area contributed by atoms with Crippen molar-refractivity contribution in [2.24, 2.45) is 0 Å². The van der Waals surface area contributed by atoms with Gasteiger partial charge in [0.15, 0.2) is 0 Å². The Hall–Kier alpha value is -1.35. The molecule has 0 aromatic heterocycles. The predicted octanol–water partition coefficient (Wildman–Crippen LogP) is 2.22. The van der Waals surface area contributed by atoms with Crippen molar-refractivity contribution >= 4 is 5.91 Å². The molecule has 0 spiro atoms. The number of nitrogens with one attached hydrogen (secondary N) is 1. The first-order chi connectivity index (χ1) is 9.28. The number of unbranched alkanes of at least 4 members (excludes halogenated alkanes) is 1. The molecule has 1 fully saturated rings. The van der Waals surface area contributed by atoms with E-state index in [4.69, 9.17) is 0 Å². The molecule has 19 heavy (non-hydrogen) atoms. The van der Waals surface area contributed by atoms with Crippen LogP contribution in [-0.4, -0.2) is 36.5 Å². The Kier molecular flexibility index (Phi) is 5.40. The summed E-state index contributed by atoms with van der Waals surface area (Å²) in [7, 11) is 0. The first kappa shape index (κ1) is 14.1. The van der Waals surface area contributed by atoms with E-state index in [1.807, 2.05) is 30.3 Å². The summed E-state index contributed by atoms with van der Waals surface area (Å²) in [5.41, 5.74) is 1.08. The SMILES string of the molecule is CCCCN1CCC(NC(=O)Cc2ccccc2)C1. The fourth-order valence-electron chi connectivity index (χ4n) is 2.60. The Morgan fingerprint density at radius 2 is 2.16 bits per heavy atom. The summed E-state index contributed by atoms with van der Waals surface area (Å²) < 4.78 is 0. The fourth-order valence-corrected chi connectivity index (χ4v) is 2.60. The minimum absolute atomic E-state index is 0.147. The van der Waals surface area contributed by atoms with E-state index < -0.39 is 0 Å². The van der Waals surface area contributed by atoms with Crippen molar-refractivity contribution < 1.29 is 4.79 Å². The molecule has 0 radical (unpaired) electrons. The maximum Gasteiger partial charge on any atom is 0.224 e. The van der Waals surface area contributed by atoms with Crippen LogP contribution in [0.25, 0.3) is 0 Å². The van der Waals surface area contributed by atoms with Gasteiger partial charge in [0, 0.05) is 19.1 Å². The lowest BCUT2D eigenvalue weighted by molar-refractivity contribution is -0.121. The van der Waals surface area contributed by atoms with Crippen molar-refractivity contribution in [3.63, 3.8) is 0 Å². The number of benzene rings is 1. The van der Waals surface area contributed by atoms with E-state index in [2.05, 4.69) is 17.1 Å². The topological polar surface area (TPSA) is 32.3 Å². The highest BCUT2D eigenvalue weighted by Gasteiger charge is 2.23. The zero-order valence-corrected chi connectivity index (χ0v) is 11.8. The molecule has 0 bridgehead atoms. The van der Waals surface area contributed by atoms with Gasteiger partial charge in [0.05, 0.1) is 6.42 Å². The highest BCUT2D eigenvalue weighted by Crippen LogP contribution is 2.10. The average Bonchev–Trinajstić information content (AvgIpc) is 2.85. The third-order valence-electron chi connectivity index (χ3n) is 3.67. The number of rotatable bonds is 6. The second-order valence-electron chi connectivity index (χ2n) is 5.37. The molecule has 1 aromatic rings. The number of carbonyl (C=O) groups excluding carboxylic acids is 1. The van der Waals surface area contributed by atoms with Crippen LogP contribution in [0.15, 0.2) is 30.3 Å². The van der Waals surface area contributed by atoms with Crippen LogP contribution in [0.5, 0.6) is 0 Å². The van der Waals surface area contributed by atoms with Crippen molar-refractivity contribution in [2.75, 3.05) is 19.6 Å². The van der Waals surface area contributed by atoms with Gasteiger partial charge in [-0.1, -0.05) is 43.7 Å². The van der Waals surface area contributed by atoms with Crippen LogP contribution in [0.3, 0.4) is 0 Å². The molecule has 3 nitrogen and oxygen atoms in total. The van der Waals surface area contributed by atoms with Gasteiger partial charge in [-0.25, -0.2) is 0 Å². The van der Waals surface area contributed by atoms with Crippen molar-refractivity contribution in [1.82, 2.24) is 10.2 Å². The molecule has 1 amide bonds. The van der Waals surface area contributed by atoms with Gasteiger partial charge in [0.2, 0.25) is 5.91 Å². The molecular formula is C16H24N2O. The zero-order valence-electron chi connectivity index (χ0n) is 11.8. The molecule has 1 aliphatic rings. The van der Waals surface area contributed by atoms with Crippen LogP contribution in [0.1, 0.15) is 31.7 Å². The number of likely N-dealkylation sites (tertiary alicyclic amines) is 1. The van der Waals surface area contributed by atoms with Gasteiger partial charge in [-0.2, -0.15) is 0 Å². The van der Waals surface area contributed by atoms with Gasteiger partial charge in [-0.15, -0.1) is 0 Å². The molecule has 0 aliphatic carbocycles. The third-order valence-corrected chi connectivity index (χ3v) is 3.67. The van der Waals surface area contributed by atoms with Crippen molar-refractivity contribution in [3.05, 3.63) is 35.9 Å². The molecule has 1 atom stereocenters. The maximum atomic E-state index is 12.0. The highest BCUT2D eigenvalue weighted by atomic mass is 16.1. The summed E-state index contributed by atoms with van der Waals surface area (Å²) in [4.78, 5) is 14.4. The van der Waals surface area contributed by atoms with Gasteiger partial charge >= 0.3 is 0 Å². The van der Waals surface area contributed by atoms with Crippen LogP contribution in [-0.2, 0) is 11.2 Å². The molecule has 3 heteroatoms. The minimum atomic E-state index is 0.147. The summed E-state index contributed by atoms with van der Waals surface area (Å²) in [6.45, 7) is 5.52. The zero-order chi connectivity index (χ0) is 13.5. The van der Waals surface area contributed by atoms with E-state index in [0.717, 1.165) is 25.1 Å². The van der Waals surface area contributed by atoms with E-state index in [1.165, 1.54) is 19.4 Å². The number of hydrogen-bond acceptors (Lipinski definition) is 2. The van der Waals surface area contributed by atoms with Crippen molar-refractivity contribution in [2.45, 2.75) is 38.6 Å². The van der Waals surface area contributed by atoms with E-state index in [-0.39, 0.29) is 5.91 Å². The second kappa shape index (κ2) is 7.29. The second-order valence-corrected chi connectivity index (χ2v) is 5.37. The van der Waals surface area contributed by atoms with Crippen LogP contribution in [0, 0.1) is 0 Å². The molecule has 1 aromatic carbocycles. The Balaban J connectivity index is 1.72. The molecule has 1 heterocycles. The van der Waals surface area contributed by atoms with Crippen molar-refractivity contribution in [3.8, 4) is 0 Å². The standard InChI is InChI=1S/C16H24N2O/c1-2-3-10-18-11-9-15(13-18)17-16(19)12-14-7-5-4-6-8-14/h4-8,15H,2-3,9-13H2,1H3,(H,17,19). The minimum Gasteiger partial charge on any atom is -0.352 e. The number of amides is 1. The van der Waals surface area contributed by atoms with Crippen molar-refractivity contribution in [1.29, 1.82) is 0 Å². The summed E-state index contributed by atoms with van der Waals surface area (Å²) in [5.74, 6) is 0.147.